The Morgan fingerprint density at radius 3 is 2.67 bits per heavy atom. The van der Waals surface area contributed by atoms with Crippen molar-refractivity contribution in [3.05, 3.63) is 41.7 Å². The molecule has 2 heterocycles. The van der Waals surface area contributed by atoms with Crippen LogP contribution in [0.25, 0.3) is 0 Å². The SMILES string of the molecule is Cc1cc(NS(=O)(=O)c2cccc(C(=O)N3CCOCC3)c2)no1. The molecule has 1 amide bonds. The number of aromatic nitrogens is 1. The van der Waals surface area contributed by atoms with Crippen LogP contribution in [0.2, 0.25) is 0 Å². The molecule has 1 aromatic carbocycles. The molecule has 1 fully saturated rings. The van der Waals surface area contributed by atoms with Crippen molar-refractivity contribution in [2.24, 2.45) is 0 Å². The van der Waals surface area contributed by atoms with E-state index in [1.54, 1.807) is 17.9 Å². The molecule has 0 aliphatic carbocycles. The van der Waals surface area contributed by atoms with Gasteiger partial charge in [0.2, 0.25) is 0 Å². The fraction of sp³-hybridized carbons (Fsp3) is 0.333. The van der Waals surface area contributed by atoms with Crippen LogP contribution in [0.4, 0.5) is 5.82 Å². The first kappa shape index (κ1) is 16.5. The van der Waals surface area contributed by atoms with Gasteiger partial charge in [0.15, 0.2) is 5.82 Å². The highest BCUT2D eigenvalue weighted by molar-refractivity contribution is 7.92. The monoisotopic (exact) mass is 351 g/mol. The fourth-order valence-corrected chi connectivity index (χ4v) is 3.39. The van der Waals surface area contributed by atoms with Crippen LogP contribution in [0, 0.1) is 6.92 Å². The molecular weight excluding hydrogens is 334 g/mol. The van der Waals surface area contributed by atoms with Crippen LogP contribution in [0.15, 0.2) is 39.8 Å². The number of nitrogens with zero attached hydrogens (tertiary/aromatic N) is 2. The number of benzene rings is 1. The number of ether oxygens (including phenoxy) is 1. The normalized spacial score (nSPS) is 15.3. The molecular formula is C15H17N3O5S. The van der Waals surface area contributed by atoms with Crippen molar-refractivity contribution in [3.8, 4) is 0 Å². The molecule has 24 heavy (non-hydrogen) atoms. The van der Waals surface area contributed by atoms with Crippen LogP contribution in [0.3, 0.4) is 0 Å². The highest BCUT2D eigenvalue weighted by Gasteiger charge is 2.22. The predicted molar refractivity (Wildman–Crippen MR) is 85.2 cm³/mol. The molecule has 2 aromatic rings. The molecule has 1 saturated heterocycles. The number of aryl methyl sites for hydroxylation is 1. The molecule has 8 nitrogen and oxygen atoms in total. The van der Waals surface area contributed by atoms with Gasteiger partial charge in [-0.2, -0.15) is 0 Å². The van der Waals surface area contributed by atoms with Gasteiger partial charge >= 0.3 is 0 Å². The lowest BCUT2D eigenvalue weighted by Crippen LogP contribution is -2.40. The molecule has 0 atom stereocenters. The predicted octanol–water partition coefficient (Wildman–Crippen LogP) is 1.26. The van der Waals surface area contributed by atoms with Gasteiger partial charge < -0.3 is 14.2 Å². The second-order valence-corrected chi connectivity index (χ2v) is 7.04. The summed E-state index contributed by atoms with van der Waals surface area (Å²) in [5.41, 5.74) is 0.316. The summed E-state index contributed by atoms with van der Waals surface area (Å²) in [6.45, 7) is 3.61. The number of hydrogen-bond donors (Lipinski definition) is 1. The number of amides is 1. The number of anilines is 1. The summed E-state index contributed by atoms with van der Waals surface area (Å²) in [5.74, 6) is 0.369. The average molecular weight is 351 g/mol. The third-order valence-electron chi connectivity index (χ3n) is 3.56. The largest absolute Gasteiger partial charge is 0.378 e. The first-order valence-corrected chi connectivity index (χ1v) is 8.87. The average Bonchev–Trinajstić information content (AvgIpc) is 2.99. The van der Waals surface area contributed by atoms with Gasteiger partial charge in [0.25, 0.3) is 15.9 Å². The molecule has 1 aliphatic heterocycles. The van der Waals surface area contributed by atoms with Crippen molar-refractivity contribution in [1.29, 1.82) is 0 Å². The first-order chi connectivity index (χ1) is 11.5. The molecule has 9 heteroatoms. The number of hydrogen-bond acceptors (Lipinski definition) is 6. The van der Waals surface area contributed by atoms with Crippen LogP contribution in [-0.2, 0) is 14.8 Å². The van der Waals surface area contributed by atoms with E-state index in [0.29, 0.717) is 37.6 Å². The van der Waals surface area contributed by atoms with E-state index in [4.69, 9.17) is 9.26 Å². The van der Waals surface area contributed by atoms with Crippen molar-refractivity contribution in [2.45, 2.75) is 11.8 Å². The van der Waals surface area contributed by atoms with Gasteiger partial charge in [0, 0.05) is 24.7 Å². The van der Waals surface area contributed by atoms with Crippen LogP contribution in [-0.4, -0.2) is 50.7 Å². The van der Waals surface area contributed by atoms with Crippen LogP contribution >= 0.6 is 0 Å². The van der Waals surface area contributed by atoms with Crippen LogP contribution < -0.4 is 4.72 Å². The smallest absolute Gasteiger partial charge is 0.263 e. The minimum Gasteiger partial charge on any atom is -0.378 e. The summed E-state index contributed by atoms with van der Waals surface area (Å²) in [4.78, 5) is 14.1. The minimum absolute atomic E-state index is 0.0118. The molecule has 1 aromatic heterocycles. The molecule has 1 aliphatic rings. The Kier molecular flexibility index (Phi) is 4.54. The summed E-state index contributed by atoms with van der Waals surface area (Å²) < 4.78 is 37.2. The zero-order valence-electron chi connectivity index (χ0n) is 13.1. The summed E-state index contributed by atoms with van der Waals surface area (Å²) in [6.07, 6.45) is 0. The van der Waals surface area contributed by atoms with E-state index in [0.717, 1.165) is 0 Å². The Bertz CT molecular complexity index is 840. The van der Waals surface area contributed by atoms with Gasteiger partial charge in [-0.3, -0.25) is 9.52 Å². The Hall–Kier alpha value is -2.39. The molecule has 0 saturated carbocycles. The number of rotatable bonds is 4. The molecule has 0 radical (unpaired) electrons. The van der Waals surface area contributed by atoms with E-state index in [2.05, 4.69) is 9.88 Å². The van der Waals surface area contributed by atoms with Gasteiger partial charge in [-0.25, -0.2) is 8.42 Å². The quantitative estimate of drug-likeness (QED) is 0.890. The topological polar surface area (TPSA) is 102 Å². The molecule has 0 unspecified atom stereocenters. The lowest BCUT2D eigenvalue weighted by molar-refractivity contribution is 0.0302. The van der Waals surface area contributed by atoms with Crippen LogP contribution in [0.1, 0.15) is 16.1 Å². The summed E-state index contributed by atoms with van der Waals surface area (Å²) in [6, 6.07) is 7.38. The first-order valence-electron chi connectivity index (χ1n) is 7.39. The van der Waals surface area contributed by atoms with E-state index >= 15 is 0 Å². The number of carbonyl (C=O) groups is 1. The highest BCUT2D eigenvalue weighted by Crippen LogP contribution is 2.18. The van der Waals surface area contributed by atoms with Crippen molar-refractivity contribution >= 4 is 21.7 Å². The summed E-state index contributed by atoms with van der Waals surface area (Å²) in [5, 5.41) is 3.60. The molecule has 0 bridgehead atoms. The van der Waals surface area contributed by atoms with Crippen molar-refractivity contribution < 1.29 is 22.5 Å². The number of nitrogens with one attached hydrogen (secondary N) is 1. The number of carbonyl (C=O) groups excluding carboxylic acids is 1. The lowest BCUT2D eigenvalue weighted by atomic mass is 10.2. The van der Waals surface area contributed by atoms with Crippen molar-refractivity contribution in [2.75, 3.05) is 31.0 Å². The zero-order chi connectivity index (χ0) is 17.2. The van der Waals surface area contributed by atoms with Crippen LogP contribution in [0.5, 0.6) is 0 Å². The lowest BCUT2D eigenvalue weighted by Gasteiger charge is -2.27. The van der Waals surface area contributed by atoms with Gasteiger partial charge in [0.05, 0.1) is 18.1 Å². The third-order valence-corrected chi connectivity index (χ3v) is 4.91. The Morgan fingerprint density at radius 2 is 2.00 bits per heavy atom. The van der Waals surface area contributed by atoms with Gasteiger partial charge in [-0.05, 0) is 25.1 Å². The van der Waals surface area contributed by atoms with Gasteiger partial charge in [-0.15, -0.1) is 0 Å². The van der Waals surface area contributed by atoms with Crippen molar-refractivity contribution in [1.82, 2.24) is 10.1 Å². The van der Waals surface area contributed by atoms with Gasteiger partial charge in [-0.1, -0.05) is 11.2 Å². The van der Waals surface area contributed by atoms with Gasteiger partial charge in [0.1, 0.15) is 5.76 Å². The maximum atomic E-state index is 12.5. The third kappa shape index (κ3) is 3.57. The van der Waals surface area contributed by atoms with E-state index in [-0.39, 0.29) is 16.6 Å². The maximum Gasteiger partial charge on any atom is 0.263 e. The summed E-state index contributed by atoms with van der Waals surface area (Å²) >= 11 is 0. The molecule has 128 valence electrons. The standard InChI is InChI=1S/C15H17N3O5S/c1-11-9-14(16-23-11)17-24(20,21)13-4-2-3-12(10-13)15(19)18-5-7-22-8-6-18/h2-4,9-10H,5-8H2,1H3,(H,16,17). The molecule has 0 spiro atoms. The Labute approximate surface area is 139 Å². The van der Waals surface area contributed by atoms with E-state index in [1.807, 2.05) is 0 Å². The van der Waals surface area contributed by atoms with E-state index < -0.39 is 10.0 Å². The van der Waals surface area contributed by atoms with E-state index in [1.165, 1.54) is 24.3 Å². The zero-order valence-corrected chi connectivity index (χ0v) is 13.9. The number of morpholine rings is 1. The number of sulfonamides is 1. The Balaban J connectivity index is 1.82. The minimum atomic E-state index is -3.85. The second kappa shape index (κ2) is 6.62. The highest BCUT2D eigenvalue weighted by atomic mass is 32.2. The molecule has 3 rings (SSSR count). The summed E-state index contributed by atoms with van der Waals surface area (Å²) in [7, 11) is -3.85. The van der Waals surface area contributed by atoms with E-state index in [9.17, 15) is 13.2 Å². The maximum absolute atomic E-state index is 12.5. The van der Waals surface area contributed by atoms with Crippen molar-refractivity contribution in [3.63, 3.8) is 0 Å². The molecule has 1 N–H and O–H groups in total. The Morgan fingerprint density at radius 1 is 1.25 bits per heavy atom. The second-order valence-electron chi connectivity index (χ2n) is 5.36. The fourth-order valence-electron chi connectivity index (χ4n) is 2.36.